The van der Waals surface area contributed by atoms with Crippen molar-refractivity contribution in [1.82, 2.24) is 4.98 Å². The molecule has 0 saturated heterocycles. The van der Waals surface area contributed by atoms with Crippen molar-refractivity contribution in [2.75, 3.05) is 6.61 Å². The van der Waals surface area contributed by atoms with Crippen molar-refractivity contribution in [3.8, 4) is 0 Å². The molecule has 0 N–H and O–H groups in total. The number of carbonyl (C=O) groups excluding carboxylic acids is 2. The van der Waals surface area contributed by atoms with E-state index in [2.05, 4.69) is 4.98 Å². The van der Waals surface area contributed by atoms with Crippen molar-refractivity contribution >= 4 is 29.7 Å². The lowest BCUT2D eigenvalue weighted by molar-refractivity contribution is -0.142. The fourth-order valence-corrected chi connectivity index (χ4v) is 1.51. The van der Waals surface area contributed by atoms with Gasteiger partial charge in [0.2, 0.25) is 0 Å². The first-order valence-electron chi connectivity index (χ1n) is 4.49. The molecule has 1 aromatic heterocycles. The molecular formula is C10H11NO3S. The fraction of sp³-hybridized carbons (Fsp3) is 0.300. The lowest BCUT2D eigenvalue weighted by Gasteiger charge is -1.95. The first kappa shape index (κ1) is 11.6. The van der Waals surface area contributed by atoms with E-state index < -0.39 is 0 Å². The molecule has 15 heavy (non-hydrogen) atoms. The minimum absolute atomic E-state index is 0.224. The number of hydrogen-bond acceptors (Lipinski definition) is 5. The van der Waals surface area contributed by atoms with Crippen molar-refractivity contribution in [2.24, 2.45) is 0 Å². The van der Waals surface area contributed by atoms with E-state index in [9.17, 15) is 9.59 Å². The van der Waals surface area contributed by atoms with Crippen molar-refractivity contribution in [1.29, 1.82) is 0 Å². The van der Waals surface area contributed by atoms with Crippen LogP contribution in [-0.2, 0) is 9.53 Å². The van der Waals surface area contributed by atoms with Crippen LogP contribution < -0.4 is 0 Å². The zero-order valence-corrected chi connectivity index (χ0v) is 9.12. The second kappa shape index (κ2) is 6.08. The Kier molecular flexibility index (Phi) is 4.70. The Bertz CT molecular complexity index is 370. The average Bonchev–Trinajstić information content (AvgIpc) is 2.66. The number of esters is 1. The van der Waals surface area contributed by atoms with Crippen LogP contribution in [0.25, 0.3) is 6.08 Å². The Hall–Kier alpha value is -1.49. The molecule has 0 unspecified atom stereocenters. The molecule has 0 amide bonds. The molecule has 0 saturated carbocycles. The van der Waals surface area contributed by atoms with Gasteiger partial charge in [0, 0.05) is 5.38 Å². The summed E-state index contributed by atoms with van der Waals surface area (Å²) >= 11 is 1.27. The first-order valence-corrected chi connectivity index (χ1v) is 5.37. The van der Waals surface area contributed by atoms with Gasteiger partial charge in [-0.05, 0) is 13.0 Å². The van der Waals surface area contributed by atoms with Gasteiger partial charge in [-0.1, -0.05) is 6.08 Å². The number of aromatic nitrogens is 1. The molecule has 80 valence electrons. The smallest absolute Gasteiger partial charge is 0.309 e. The van der Waals surface area contributed by atoms with Crippen molar-refractivity contribution < 1.29 is 14.3 Å². The highest BCUT2D eigenvalue weighted by molar-refractivity contribution is 7.11. The van der Waals surface area contributed by atoms with Gasteiger partial charge in [0.1, 0.15) is 0 Å². The van der Waals surface area contributed by atoms with Gasteiger partial charge in [-0.15, -0.1) is 11.3 Å². The summed E-state index contributed by atoms with van der Waals surface area (Å²) in [6.45, 7) is 2.15. The van der Waals surface area contributed by atoms with Gasteiger partial charge >= 0.3 is 5.97 Å². The molecule has 5 heteroatoms. The minimum atomic E-state index is -0.264. The summed E-state index contributed by atoms with van der Waals surface area (Å²) < 4.78 is 4.74. The monoisotopic (exact) mass is 225 g/mol. The molecule has 0 aliphatic heterocycles. The lowest BCUT2D eigenvalue weighted by atomic mass is 10.3. The highest BCUT2D eigenvalue weighted by Gasteiger charge is 1.98. The Labute approximate surface area is 91.6 Å². The average molecular weight is 225 g/mol. The summed E-state index contributed by atoms with van der Waals surface area (Å²) in [4.78, 5) is 25.3. The molecule has 0 aliphatic rings. The molecule has 0 aromatic carbocycles. The Morgan fingerprint density at radius 1 is 1.67 bits per heavy atom. The van der Waals surface area contributed by atoms with Crippen LogP contribution in [0.1, 0.15) is 28.8 Å². The van der Waals surface area contributed by atoms with Crippen LogP contribution in [0.4, 0.5) is 0 Å². The molecule has 0 fully saturated rings. The third-order valence-corrected chi connectivity index (χ3v) is 2.31. The maximum atomic E-state index is 10.9. The normalized spacial score (nSPS) is 10.5. The third-order valence-electron chi connectivity index (χ3n) is 1.52. The molecule has 1 heterocycles. The molecule has 1 aromatic rings. The van der Waals surface area contributed by atoms with Crippen LogP contribution in [0.15, 0.2) is 11.5 Å². The molecule has 0 aliphatic carbocycles. The molecule has 0 bridgehead atoms. The van der Waals surface area contributed by atoms with E-state index in [4.69, 9.17) is 4.74 Å². The van der Waals surface area contributed by atoms with Crippen molar-refractivity contribution in [3.63, 3.8) is 0 Å². The Balaban J connectivity index is 2.44. The van der Waals surface area contributed by atoms with Crippen LogP contribution in [0.5, 0.6) is 0 Å². The Morgan fingerprint density at radius 3 is 3.07 bits per heavy atom. The standard InChI is InChI=1S/C10H11NO3S/c1-2-14-10(13)5-3-4-8-7-15-9(6-12)11-8/h3-4,6-7H,2,5H2,1H3. The predicted molar refractivity (Wildman–Crippen MR) is 57.8 cm³/mol. The zero-order valence-electron chi connectivity index (χ0n) is 8.30. The number of nitrogens with zero attached hydrogens (tertiary/aromatic N) is 1. The van der Waals surface area contributed by atoms with E-state index in [1.54, 1.807) is 24.5 Å². The van der Waals surface area contributed by atoms with Gasteiger partial charge in [0.25, 0.3) is 0 Å². The van der Waals surface area contributed by atoms with Gasteiger partial charge in [0.05, 0.1) is 18.7 Å². The molecular weight excluding hydrogens is 214 g/mol. The van der Waals surface area contributed by atoms with Crippen LogP contribution >= 0.6 is 11.3 Å². The fourth-order valence-electron chi connectivity index (χ4n) is 0.927. The van der Waals surface area contributed by atoms with Gasteiger partial charge in [-0.25, -0.2) is 4.98 Å². The summed E-state index contributed by atoms with van der Waals surface area (Å²) in [7, 11) is 0. The molecule has 0 atom stereocenters. The molecule has 0 spiro atoms. The van der Waals surface area contributed by atoms with E-state index in [-0.39, 0.29) is 12.4 Å². The summed E-state index contributed by atoms with van der Waals surface area (Å²) in [5.41, 5.74) is 0.686. The first-order chi connectivity index (χ1) is 7.26. The molecule has 0 radical (unpaired) electrons. The summed E-state index contributed by atoms with van der Waals surface area (Å²) in [6.07, 6.45) is 4.29. The second-order valence-electron chi connectivity index (χ2n) is 2.64. The van der Waals surface area contributed by atoms with Crippen LogP contribution in [0.2, 0.25) is 0 Å². The van der Waals surface area contributed by atoms with Gasteiger partial charge in [-0.3, -0.25) is 9.59 Å². The summed E-state index contributed by atoms with van der Waals surface area (Å²) in [5, 5.41) is 2.19. The number of carbonyl (C=O) groups is 2. The molecule has 4 nitrogen and oxygen atoms in total. The van der Waals surface area contributed by atoms with E-state index in [1.807, 2.05) is 0 Å². The quantitative estimate of drug-likeness (QED) is 0.567. The van der Waals surface area contributed by atoms with Crippen molar-refractivity contribution in [2.45, 2.75) is 13.3 Å². The lowest BCUT2D eigenvalue weighted by Crippen LogP contribution is -2.01. The van der Waals surface area contributed by atoms with E-state index in [1.165, 1.54) is 11.3 Å². The highest BCUT2D eigenvalue weighted by atomic mass is 32.1. The van der Waals surface area contributed by atoms with Crippen LogP contribution in [0, 0.1) is 0 Å². The number of ether oxygens (including phenoxy) is 1. The largest absolute Gasteiger partial charge is 0.466 e. The summed E-state index contributed by atoms with van der Waals surface area (Å²) in [5.74, 6) is -0.264. The van der Waals surface area contributed by atoms with E-state index >= 15 is 0 Å². The van der Waals surface area contributed by atoms with Crippen LogP contribution in [0.3, 0.4) is 0 Å². The SMILES string of the molecule is CCOC(=O)CC=Cc1csc(C=O)n1. The van der Waals surface area contributed by atoms with E-state index in [0.717, 1.165) is 0 Å². The second-order valence-corrected chi connectivity index (χ2v) is 3.53. The predicted octanol–water partition coefficient (Wildman–Crippen LogP) is 1.92. The number of rotatable bonds is 5. The van der Waals surface area contributed by atoms with Crippen LogP contribution in [-0.4, -0.2) is 23.8 Å². The maximum absolute atomic E-state index is 10.9. The Morgan fingerprint density at radius 2 is 2.47 bits per heavy atom. The third kappa shape index (κ3) is 4.03. The number of aldehydes is 1. The van der Waals surface area contributed by atoms with Gasteiger partial charge in [-0.2, -0.15) is 0 Å². The van der Waals surface area contributed by atoms with E-state index in [0.29, 0.717) is 23.6 Å². The maximum Gasteiger partial charge on any atom is 0.309 e. The topological polar surface area (TPSA) is 56.3 Å². The van der Waals surface area contributed by atoms with Gasteiger partial charge < -0.3 is 4.74 Å². The zero-order chi connectivity index (χ0) is 11.1. The summed E-state index contributed by atoms with van der Waals surface area (Å²) in [6, 6.07) is 0. The van der Waals surface area contributed by atoms with Crippen molar-refractivity contribution in [3.05, 3.63) is 22.2 Å². The minimum Gasteiger partial charge on any atom is -0.466 e. The van der Waals surface area contributed by atoms with Gasteiger partial charge in [0.15, 0.2) is 11.3 Å². The highest BCUT2D eigenvalue weighted by Crippen LogP contribution is 2.09. The molecule has 1 rings (SSSR count). The number of thiazole rings is 1. The number of hydrogen-bond donors (Lipinski definition) is 0.